The van der Waals surface area contributed by atoms with Crippen LogP contribution < -0.4 is 19.6 Å². The second kappa shape index (κ2) is 25.7. The average Bonchev–Trinajstić information content (AvgIpc) is 0.818. The predicted octanol–water partition coefficient (Wildman–Crippen LogP) is 31.6. The first-order valence-corrected chi connectivity index (χ1v) is 39.7. The van der Waals surface area contributed by atoms with Crippen LogP contribution in [0.4, 0.5) is 68.2 Å². The molecule has 0 atom stereocenters. The van der Waals surface area contributed by atoms with Crippen LogP contribution in [0.5, 0.6) is 0 Å². The molecule has 0 unspecified atom stereocenters. The Balaban J connectivity index is 0.000000134. The number of para-hydroxylation sites is 8. The summed E-state index contributed by atoms with van der Waals surface area (Å²) in [6.07, 6.45) is 0. The van der Waals surface area contributed by atoms with E-state index in [0.29, 0.717) is 0 Å². The zero-order valence-electron chi connectivity index (χ0n) is 60.4. The standard InChI is InChI=1S/C52H32N2O2.C52H32N2S2/c2*1-3-13-35(14-4-1)53(45-21-11-19-39-37-17-7-9-23-47(37)55-51(39)45)43-31-27-33-26-30-42-44(32-28-34-25-29-41(43)49(33)50(34)42)54(36-15-5-2-6-16-36)46-22-12-20-40-38-18-8-10-24-48(38)56-52(40)46/h2*1-32H. The fourth-order valence-electron chi connectivity index (χ4n) is 17.9. The van der Waals surface area contributed by atoms with Gasteiger partial charge in [0.05, 0.1) is 54.9 Å². The lowest BCUT2D eigenvalue weighted by Crippen LogP contribution is -2.11. The SMILES string of the molecule is c1ccc(N(c2ccc3ccc4c(N(c5ccccc5)c5cccc6c5oc5ccccc56)ccc5ccc2c3c54)c2cccc3c2oc2ccccc23)cc1.c1ccc(N(c2ccc3ccc4c(N(c5ccccc5)c5cccc6c5sc5ccccc56)ccc5ccc2c3c54)c2cccc3c2sc2ccccc23)cc1. The third kappa shape index (κ3) is 9.95. The van der Waals surface area contributed by atoms with Crippen LogP contribution in [0.15, 0.2) is 397 Å². The molecule has 0 bridgehead atoms. The summed E-state index contributed by atoms with van der Waals surface area (Å²) in [7, 11) is 0. The minimum Gasteiger partial charge on any atom is -0.454 e. The van der Waals surface area contributed by atoms with Gasteiger partial charge in [0, 0.05) is 96.8 Å². The Kier molecular flexibility index (Phi) is 14.6. The lowest BCUT2D eigenvalue weighted by Gasteiger charge is -2.29. The normalized spacial score (nSPS) is 11.9. The van der Waals surface area contributed by atoms with E-state index in [0.717, 1.165) is 89.4 Å². The van der Waals surface area contributed by atoms with E-state index in [4.69, 9.17) is 8.83 Å². The number of nitrogens with zero attached hydrogens (tertiary/aromatic N) is 4. The van der Waals surface area contributed by atoms with Crippen LogP contribution in [0.25, 0.3) is 149 Å². The minimum absolute atomic E-state index is 0.865. The van der Waals surface area contributed by atoms with Gasteiger partial charge in [0.15, 0.2) is 11.2 Å². The van der Waals surface area contributed by atoms with E-state index >= 15 is 0 Å². The van der Waals surface area contributed by atoms with Crippen LogP contribution in [-0.4, -0.2) is 0 Å². The topological polar surface area (TPSA) is 39.2 Å². The number of benzene rings is 20. The molecular formula is C104H64N4O2S2. The predicted molar refractivity (Wildman–Crippen MR) is 479 cm³/mol. The van der Waals surface area contributed by atoms with Crippen LogP contribution in [-0.2, 0) is 0 Å². The van der Waals surface area contributed by atoms with Gasteiger partial charge in [-0.05, 0) is 164 Å². The van der Waals surface area contributed by atoms with E-state index in [-0.39, 0.29) is 0 Å². The molecule has 0 aliphatic heterocycles. The van der Waals surface area contributed by atoms with Gasteiger partial charge in [-0.1, -0.05) is 267 Å². The third-order valence-corrected chi connectivity index (χ3v) is 25.2. The first-order chi connectivity index (χ1) is 55.6. The third-order valence-electron chi connectivity index (χ3n) is 22.8. The van der Waals surface area contributed by atoms with Gasteiger partial charge in [0.2, 0.25) is 0 Å². The quantitative estimate of drug-likeness (QED) is 0.114. The van der Waals surface area contributed by atoms with Crippen molar-refractivity contribution in [3.63, 3.8) is 0 Å². The van der Waals surface area contributed by atoms with Crippen LogP contribution >= 0.6 is 22.7 Å². The monoisotopic (exact) mass is 1460 g/mol. The first-order valence-electron chi connectivity index (χ1n) is 38.0. The highest BCUT2D eigenvalue weighted by Gasteiger charge is 2.29. The van der Waals surface area contributed by atoms with Gasteiger partial charge >= 0.3 is 0 Å². The van der Waals surface area contributed by atoms with Crippen molar-refractivity contribution < 1.29 is 8.83 Å². The van der Waals surface area contributed by atoms with Crippen molar-refractivity contribution in [2.45, 2.75) is 0 Å². The van der Waals surface area contributed by atoms with Crippen molar-refractivity contribution in [2.24, 2.45) is 0 Å². The molecule has 4 heterocycles. The number of hydrogen-bond acceptors (Lipinski definition) is 8. The molecule has 0 N–H and O–H groups in total. The molecule has 0 aliphatic carbocycles. The van der Waals surface area contributed by atoms with E-state index < -0.39 is 0 Å². The van der Waals surface area contributed by atoms with Crippen molar-refractivity contribution in [1.82, 2.24) is 0 Å². The summed E-state index contributed by atoms with van der Waals surface area (Å²) in [5, 5.41) is 24.3. The van der Waals surface area contributed by atoms with E-state index in [1.54, 1.807) is 0 Å². The summed E-state index contributed by atoms with van der Waals surface area (Å²) in [6.45, 7) is 0. The molecule has 112 heavy (non-hydrogen) atoms. The summed E-state index contributed by atoms with van der Waals surface area (Å²) >= 11 is 3.75. The Morgan fingerprint density at radius 3 is 0.768 bits per heavy atom. The molecule has 0 spiro atoms. The molecule has 20 aromatic carbocycles. The fraction of sp³-hybridized carbons (Fsp3) is 0. The lowest BCUT2D eigenvalue weighted by molar-refractivity contribution is 0.669. The molecular weight excluding hydrogens is 1400 g/mol. The van der Waals surface area contributed by atoms with E-state index in [9.17, 15) is 0 Å². The summed E-state index contributed by atoms with van der Waals surface area (Å²) in [5.74, 6) is 0. The molecule has 24 rings (SSSR count). The van der Waals surface area contributed by atoms with Gasteiger partial charge in [0.1, 0.15) is 11.2 Å². The van der Waals surface area contributed by atoms with Crippen molar-refractivity contribution in [1.29, 1.82) is 0 Å². The maximum Gasteiger partial charge on any atom is 0.159 e. The summed E-state index contributed by atoms with van der Waals surface area (Å²) in [5.41, 5.74) is 16.8. The Morgan fingerprint density at radius 2 is 0.429 bits per heavy atom. The summed E-state index contributed by atoms with van der Waals surface area (Å²) in [6, 6.07) is 140. The zero-order valence-corrected chi connectivity index (χ0v) is 62.0. The number of anilines is 12. The highest BCUT2D eigenvalue weighted by Crippen LogP contribution is 2.55. The minimum atomic E-state index is 0.865. The molecule has 24 aromatic rings. The van der Waals surface area contributed by atoms with Crippen molar-refractivity contribution in [3.8, 4) is 0 Å². The summed E-state index contributed by atoms with van der Waals surface area (Å²) in [4.78, 5) is 9.66. The Bertz CT molecular complexity index is 6880. The maximum atomic E-state index is 6.65. The van der Waals surface area contributed by atoms with E-state index in [1.165, 1.54) is 128 Å². The highest BCUT2D eigenvalue weighted by molar-refractivity contribution is 7.26. The van der Waals surface area contributed by atoms with Gasteiger partial charge in [0.25, 0.3) is 0 Å². The molecule has 0 saturated heterocycles. The molecule has 524 valence electrons. The van der Waals surface area contributed by atoms with Crippen LogP contribution in [0.2, 0.25) is 0 Å². The molecule has 4 aromatic heterocycles. The van der Waals surface area contributed by atoms with Gasteiger partial charge in [-0.3, -0.25) is 0 Å². The smallest absolute Gasteiger partial charge is 0.159 e. The first kappa shape index (κ1) is 63.8. The van der Waals surface area contributed by atoms with Gasteiger partial charge in [-0.2, -0.15) is 0 Å². The maximum absolute atomic E-state index is 6.65. The molecule has 6 nitrogen and oxygen atoms in total. The van der Waals surface area contributed by atoms with Gasteiger partial charge in [-0.25, -0.2) is 0 Å². The average molecular weight is 1470 g/mol. The Hall–Kier alpha value is -14.3. The van der Waals surface area contributed by atoms with Crippen LogP contribution in [0.3, 0.4) is 0 Å². The molecule has 0 saturated carbocycles. The number of thiophene rings is 2. The molecule has 8 heteroatoms. The van der Waals surface area contributed by atoms with Crippen LogP contribution in [0, 0.1) is 0 Å². The largest absolute Gasteiger partial charge is 0.454 e. The van der Waals surface area contributed by atoms with E-state index in [1.807, 2.05) is 46.9 Å². The van der Waals surface area contributed by atoms with Gasteiger partial charge in [-0.15, -0.1) is 22.7 Å². The zero-order chi connectivity index (χ0) is 73.5. The Morgan fingerprint density at radius 1 is 0.170 bits per heavy atom. The van der Waals surface area contributed by atoms with Crippen molar-refractivity contribution in [3.05, 3.63) is 388 Å². The van der Waals surface area contributed by atoms with Gasteiger partial charge < -0.3 is 28.4 Å². The second-order valence-electron chi connectivity index (χ2n) is 28.9. The highest BCUT2D eigenvalue weighted by atomic mass is 32.1. The molecule has 0 aliphatic rings. The number of furan rings is 2. The number of hydrogen-bond donors (Lipinski definition) is 0. The summed E-state index contributed by atoms with van der Waals surface area (Å²) < 4.78 is 18.5. The van der Waals surface area contributed by atoms with E-state index in [2.05, 4.69) is 384 Å². The molecule has 0 fully saturated rings. The number of fused-ring (bicyclic) bond motifs is 12. The van der Waals surface area contributed by atoms with Crippen molar-refractivity contribution in [2.75, 3.05) is 19.6 Å². The second-order valence-corrected chi connectivity index (χ2v) is 31.0. The van der Waals surface area contributed by atoms with Crippen LogP contribution in [0.1, 0.15) is 0 Å². The molecule has 0 radical (unpaired) electrons. The fourth-order valence-corrected chi connectivity index (χ4v) is 20.3. The van der Waals surface area contributed by atoms with Crippen molar-refractivity contribution >= 4 is 240 Å². The number of rotatable bonds is 12. The Labute approximate surface area is 651 Å². The lowest BCUT2D eigenvalue weighted by atomic mass is 9.91. The molecule has 0 amide bonds.